The van der Waals surface area contributed by atoms with Gasteiger partial charge in [-0.05, 0) is 38.1 Å². The van der Waals surface area contributed by atoms with E-state index in [1.165, 1.54) is 0 Å². The molecule has 0 N–H and O–H groups in total. The van der Waals surface area contributed by atoms with Crippen LogP contribution in [0.5, 0.6) is 0 Å². The Balaban J connectivity index is 2.27. The Kier molecular flexibility index (Phi) is 2.52. The minimum atomic E-state index is 0.707. The maximum Gasteiger partial charge on any atom is 0.169 e. The zero-order chi connectivity index (χ0) is 12.7. The molecule has 2 aromatic heterocycles. The lowest BCUT2D eigenvalue weighted by Gasteiger charge is -2.04. The summed E-state index contributed by atoms with van der Waals surface area (Å²) >= 11 is 5.89. The van der Waals surface area contributed by atoms with Crippen LogP contribution >= 0.6 is 11.6 Å². The van der Waals surface area contributed by atoms with E-state index in [0.29, 0.717) is 5.02 Å². The van der Waals surface area contributed by atoms with Crippen molar-refractivity contribution in [2.75, 3.05) is 0 Å². The largest absolute Gasteiger partial charge is 0.263 e. The van der Waals surface area contributed by atoms with Crippen molar-refractivity contribution in [2.24, 2.45) is 0 Å². The SMILES string of the molecule is Cc1cc2nnc(-c3ccc(Cl)cc3)n2c(C)n1. The van der Waals surface area contributed by atoms with E-state index >= 15 is 0 Å². The molecule has 90 valence electrons. The van der Waals surface area contributed by atoms with Gasteiger partial charge in [-0.15, -0.1) is 10.2 Å². The van der Waals surface area contributed by atoms with Crippen LogP contribution in [0.1, 0.15) is 11.5 Å². The minimum absolute atomic E-state index is 0.707. The number of aryl methyl sites for hydroxylation is 2. The highest BCUT2D eigenvalue weighted by molar-refractivity contribution is 6.30. The number of nitrogens with zero attached hydrogens (tertiary/aromatic N) is 4. The molecule has 4 nitrogen and oxygen atoms in total. The molecule has 0 amide bonds. The smallest absolute Gasteiger partial charge is 0.169 e. The molecule has 0 aliphatic carbocycles. The van der Waals surface area contributed by atoms with Crippen LogP contribution in [0.2, 0.25) is 5.02 Å². The Hall–Kier alpha value is -1.94. The Bertz CT molecular complexity index is 716. The quantitative estimate of drug-likeness (QED) is 0.674. The first-order valence-corrected chi connectivity index (χ1v) is 5.98. The van der Waals surface area contributed by atoms with Crippen LogP contribution in [-0.2, 0) is 0 Å². The number of benzene rings is 1. The van der Waals surface area contributed by atoms with Gasteiger partial charge in [-0.1, -0.05) is 11.6 Å². The van der Waals surface area contributed by atoms with Gasteiger partial charge < -0.3 is 0 Å². The number of hydrogen-bond donors (Lipinski definition) is 0. The molecule has 0 saturated heterocycles. The summed E-state index contributed by atoms with van der Waals surface area (Å²) in [4.78, 5) is 4.43. The summed E-state index contributed by atoms with van der Waals surface area (Å²) in [6.45, 7) is 3.90. The van der Waals surface area contributed by atoms with Crippen molar-refractivity contribution in [1.82, 2.24) is 19.6 Å². The molecule has 0 radical (unpaired) electrons. The van der Waals surface area contributed by atoms with Gasteiger partial charge >= 0.3 is 0 Å². The molecule has 0 bridgehead atoms. The predicted octanol–water partition coefficient (Wildman–Crippen LogP) is 3.06. The van der Waals surface area contributed by atoms with Crippen molar-refractivity contribution >= 4 is 17.2 Å². The Morgan fingerprint density at radius 3 is 2.50 bits per heavy atom. The fraction of sp³-hybridized carbons (Fsp3) is 0.154. The van der Waals surface area contributed by atoms with E-state index in [9.17, 15) is 0 Å². The Morgan fingerprint density at radius 1 is 1.06 bits per heavy atom. The van der Waals surface area contributed by atoms with Gasteiger partial charge in [-0.3, -0.25) is 4.40 Å². The number of rotatable bonds is 1. The van der Waals surface area contributed by atoms with E-state index in [-0.39, 0.29) is 0 Å². The van der Waals surface area contributed by atoms with Crippen molar-refractivity contribution in [3.63, 3.8) is 0 Å². The van der Waals surface area contributed by atoms with Gasteiger partial charge in [0, 0.05) is 22.3 Å². The van der Waals surface area contributed by atoms with Crippen LogP contribution in [0.15, 0.2) is 30.3 Å². The van der Waals surface area contributed by atoms with Crippen molar-refractivity contribution in [2.45, 2.75) is 13.8 Å². The lowest BCUT2D eigenvalue weighted by Crippen LogP contribution is -1.99. The third kappa shape index (κ3) is 1.75. The van der Waals surface area contributed by atoms with E-state index in [1.807, 2.05) is 48.6 Å². The fourth-order valence-electron chi connectivity index (χ4n) is 2.02. The summed E-state index contributed by atoms with van der Waals surface area (Å²) in [6.07, 6.45) is 0. The lowest BCUT2D eigenvalue weighted by atomic mass is 10.2. The first-order valence-electron chi connectivity index (χ1n) is 5.60. The first-order chi connectivity index (χ1) is 8.65. The third-order valence-electron chi connectivity index (χ3n) is 2.79. The van der Waals surface area contributed by atoms with Gasteiger partial charge in [-0.2, -0.15) is 0 Å². The molecule has 0 unspecified atom stereocenters. The molecule has 0 aliphatic rings. The molecule has 0 atom stereocenters. The average Bonchev–Trinajstić information content (AvgIpc) is 2.74. The topological polar surface area (TPSA) is 43.1 Å². The van der Waals surface area contributed by atoms with Crippen LogP contribution in [-0.4, -0.2) is 19.6 Å². The third-order valence-corrected chi connectivity index (χ3v) is 3.04. The van der Waals surface area contributed by atoms with Gasteiger partial charge in [0.25, 0.3) is 0 Å². The lowest BCUT2D eigenvalue weighted by molar-refractivity contribution is 0.962. The second-order valence-electron chi connectivity index (χ2n) is 4.17. The van der Waals surface area contributed by atoms with Crippen molar-refractivity contribution < 1.29 is 0 Å². The number of aromatic nitrogens is 4. The summed E-state index contributed by atoms with van der Waals surface area (Å²) < 4.78 is 1.94. The summed E-state index contributed by atoms with van der Waals surface area (Å²) in [6, 6.07) is 9.46. The van der Waals surface area contributed by atoms with Crippen molar-refractivity contribution in [3.8, 4) is 11.4 Å². The minimum Gasteiger partial charge on any atom is -0.263 e. The van der Waals surface area contributed by atoms with Gasteiger partial charge in [0.05, 0.1) is 0 Å². The zero-order valence-electron chi connectivity index (χ0n) is 10.1. The second kappa shape index (κ2) is 4.07. The standard InChI is InChI=1S/C13H11ClN4/c1-8-7-12-16-17-13(18(12)9(2)15-8)10-3-5-11(14)6-4-10/h3-7H,1-2H3. The Labute approximate surface area is 109 Å². The van der Waals surface area contributed by atoms with Crippen molar-refractivity contribution in [3.05, 3.63) is 46.9 Å². The molecule has 3 aromatic rings. The second-order valence-corrected chi connectivity index (χ2v) is 4.61. The molecule has 0 fully saturated rings. The summed E-state index contributed by atoms with van der Waals surface area (Å²) in [5, 5.41) is 9.11. The molecule has 5 heteroatoms. The van der Waals surface area contributed by atoms with Crippen LogP contribution in [0.25, 0.3) is 17.0 Å². The Morgan fingerprint density at radius 2 is 1.78 bits per heavy atom. The maximum absolute atomic E-state index is 5.89. The zero-order valence-corrected chi connectivity index (χ0v) is 10.8. The fourth-order valence-corrected chi connectivity index (χ4v) is 2.15. The molecule has 18 heavy (non-hydrogen) atoms. The van der Waals surface area contributed by atoms with Gasteiger partial charge in [0.2, 0.25) is 0 Å². The molecular formula is C13H11ClN4. The van der Waals surface area contributed by atoms with E-state index in [0.717, 1.165) is 28.6 Å². The molecular weight excluding hydrogens is 248 g/mol. The van der Waals surface area contributed by atoms with Crippen LogP contribution in [0.3, 0.4) is 0 Å². The van der Waals surface area contributed by atoms with Gasteiger partial charge in [0.15, 0.2) is 11.5 Å². The summed E-state index contributed by atoms with van der Waals surface area (Å²) in [5.74, 6) is 1.66. The first kappa shape index (κ1) is 11.2. The van der Waals surface area contributed by atoms with Crippen LogP contribution in [0, 0.1) is 13.8 Å². The number of hydrogen-bond acceptors (Lipinski definition) is 3. The highest BCUT2D eigenvalue weighted by Gasteiger charge is 2.10. The maximum atomic E-state index is 5.89. The van der Waals surface area contributed by atoms with E-state index in [2.05, 4.69) is 15.2 Å². The highest BCUT2D eigenvalue weighted by atomic mass is 35.5. The number of halogens is 1. The predicted molar refractivity (Wildman–Crippen MR) is 70.7 cm³/mol. The van der Waals surface area contributed by atoms with E-state index in [4.69, 9.17) is 11.6 Å². The molecule has 3 rings (SSSR count). The summed E-state index contributed by atoms with van der Waals surface area (Å²) in [7, 11) is 0. The average molecular weight is 259 g/mol. The number of fused-ring (bicyclic) bond motifs is 1. The van der Waals surface area contributed by atoms with Gasteiger partial charge in [0.1, 0.15) is 5.82 Å². The van der Waals surface area contributed by atoms with E-state index in [1.54, 1.807) is 0 Å². The van der Waals surface area contributed by atoms with Crippen molar-refractivity contribution in [1.29, 1.82) is 0 Å². The highest BCUT2D eigenvalue weighted by Crippen LogP contribution is 2.21. The monoisotopic (exact) mass is 258 g/mol. The molecule has 0 aliphatic heterocycles. The van der Waals surface area contributed by atoms with Crippen LogP contribution < -0.4 is 0 Å². The normalized spacial score (nSPS) is 11.1. The molecule has 2 heterocycles. The molecule has 0 saturated carbocycles. The molecule has 0 spiro atoms. The summed E-state index contributed by atoms with van der Waals surface area (Å²) in [5.41, 5.74) is 2.72. The molecule has 1 aromatic carbocycles. The van der Waals surface area contributed by atoms with Crippen LogP contribution in [0.4, 0.5) is 0 Å². The van der Waals surface area contributed by atoms with Gasteiger partial charge in [-0.25, -0.2) is 4.98 Å². The van der Waals surface area contributed by atoms with E-state index < -0.39 is 0 Å².